The van der Waals surface area contributed by atoms with Crippen LogP contribution in [0, 0.1) is 0 Å². The lowest BCUT2D eigenvalue weighted by molar-refractivity contribution is -0.130. The van der Waals surface area contributed by atoms with Crippen molar-refractivity contribution >= 4 is 17.7 Å². The zero-order valence-corrected chi connectivity index (χ0v) is 13.2. The zero-order chi connectivity index (χ0) is 13.7. The third-order valence-corrected chi connectivity index (χ3v) is 5.55. The molecule has 3 nitrogen and oxygen atoms in total. The maximum absolute atomic E-state index is 12.5. The van der Waals surface area contributed by atoms with Gasteiger partial charge < -0.3 is 4.90 Å². The van der Waals surface area contributed by atoms with Crippen molar-refractivity contribution < 1.29 is 4.79 Å². The van der Waals surface area contributed by atoms with Gasteiger partial charge in [-0.15, -0.1) is 0 Å². The summed E-state index contributed by atoms with van der Waals surface area (Å²) in [4.78, 5) is 14.7. The van der Waals surface area contributed by atoms with E-state index in [4.69, 9.17) is 0 Å². The molecule has 3 unspecified atom stereocenters. The monoisotopic (exact) mass is 284 g/mol. The Balaban J connectivity index is 1.95. The van der Waals surface area contributed by atoms with Crippen LogP contribution in [0.2, 0.25) is 0 Å². The number of nitrogens with zero attached hydrogens (tertiary/aromatic N) is 1. The number of hydrogen-bond acceptors (Lipinski definition) is 3. The van der Waals surface area contributed by atoms with E-state index in [0.717, 1.165) is 32.2 Å². The van der Waals surface area contributed by atoms with Crippen LogP contribution in [0.4, 0.5) is 0 Å². The molecule has 0 aromatic rings. The summed E-state index contributed by atoms with van der Waals surface area (Å²) in [5.74, 6) is 1.63. The van der Waals surface area contributed by atoms with Crippen molar-refractivity contribution in [3.8, 4) is 0 Å². The molecule has 0 spiro atoms. The Morgan fingerprint density at radius 1 is 1.26 bits per heavy atom. The van der Waals surface area contributed by atoms with Crippen LogP contribution in [0.3, 0.4) is 0 Å². The summed E-state index contributed by atoms with van der Waals surface area (Å²) in [7, 11) is 0. The second kappa shape index (κ2) is 7.53. The van der Waals surface area contributed by atoms with Crippen LogP contribution in [0.5, 0.6) is 0 Å². The minimum Gasteiger partial charge on any atom is -0.325 e. The Bertz CT molecular complexity index is 292. The number of amides is 1. The Labute approximate surface area is 121 Å². The van der Waals surface area contributed by atoms with Crippen LogP contribution in [0.25, 0.3) is 0 Å². The molecule has 19 heavy (non-hydrogen) atoms. The fraction of sp³-hybridized carbons (Fsp3) is 0.933. The first-order valence-electron chi connectivity index (χ1n) is 7.94. The molecule has 2 rings (SSSR count). The first-order valence-corrected chi connectivity index (χ1v) is 8.99. The highest BCUT2D eigenvalue weighted by molar-refractivity contribution is 7.99. The molecule has 0 aliphatic carbocycles. The second-order valence-corrected chi connectivity index (χ2v) is 7.20. The van der Waals surface area contributed by atoms with Crippen LogP contribution in [0.1, 0.15) is 58.8 Å². The lowest BCUT2D eigenvalue weighted by atomic mass is 10.1. The number of hydrogen-bond donors (Lipinski definition) is 1. The molecule has 1 N–H and O–H groups in total. The van der Waals surface area contributed by atoms with E-state index in [1.54, 1.807) is 0 Å². The van der Waals surface area contributed by atoms with Gasteiger partial charge in [-0.3, -0.25) is 10.1 Å². The molecule has 2 fully saturated rings. The Morgan fingerprint density at radius 3 is 2.68 bits per heavy atom. The summed E-state index contributed by atoms with van der Waals surface area (Å²) >= 11 is 2.07. The molecule has 2 aliphatic heterocycles. The van der Waals surface area contributed by atoms with Crippen molar-refractivity contribution in [2.75, 3.05) is 12.3 Å². The molecule has 1 amide bonds. The average Bonchev–Trinajstić information content (AvgIpc) is 2.70. The van der Waals surface area contributed by atoms with Gasteiger partial charge in [-0.1, -0.05) is 33.1 Å². The molecular formula is C15H28N2OS. The van der Waals surface area contributed by atoms with E-state index in [2.05, 4.69) is 35.8 Å². The Hall–Kier alpha value is -0.220. The van der Waals surface area contributed by atoms with Crippen LogP contribution in [-0.2, 0) is 4.79 Å². The van der Waals surface area contributed by atoms with E-state index in [-0.39, 0.29) is 12.2 Å². The molecular weight excluding hydrogens is 256 g/mol. The number of carbonyl (C=O) groups is 1. The molecule has 2 saturated heterocycles. The third kappa shape index (κ3) is 3.88. The highest BCUT2D eigenvalue weighted by atomic mass is 32.2. The Kier molecular flexibility index (Phi) is 6.02. The van der Waals surface area contributed by atoms with Crippen molar-refractivity contribution in [2.45, 2.75) is 76.3 Å². The molecule has 0 aromatic carbocycles. The van der Waals surface area contributed by atoms with Crippen LogP contribution >= 0.6 is 11.8 Å². The first kappa shape index (κ1) is 15.2. The summed E-state index contributed by atoms with van der Waals surface area (Å²) in [6, 6.07) is 0.0788. The molecule has 2 aliphatic rings. The third-order valence-electron chi connectivity index (χ3n) is 4.16. The normalized spacial score (nSPS) is 32.0. The predicted octanol–water partition coefficient (Wildman–Crippen LogP) is 3.00. The predicted molar refractivity (Wildman–Crippen MR) is 82.3 cm³/mol. The van der Waals surface area contributed by atoms with E-state index < -0.39 is 0 Å². The zero-order valence-electron chi connectivity index (χ0n) is 12.4. The van der Waals surface area contributed by atoms with Crippen molar-refractivity contribution in [3.63, 3.8) is 0 Å². The number of nitrogens with one attached hydrogen (secondary N) is 1. The van der Waals surface area contributed by atoms with Gasteiger partial charge in [-0.05, 0) is 31.4 Å². The molecule has 0 aromatic heterocycles. The van der Waals surface area contributed by atoms with Crippen molar-refractivity contribution in [3.05, 3.63) is 0 Å². The summed E-state index contributed by atoms with van der Waals surface area (Å²) < 4.78 is 0. The largest absolute Gasteiger partial charge is 0.325 e. The second-order valence-electron chi connectivity index (χ2n) is 5.79. The standard InChI is InChI=1S/C15H28N2OS/c1-3-7-13-15(18)17(14(16-13)8-4-2)11-12-9-5-6-10-19-12/h12-14,16H,3-11H2,1-2H3. The van der Waals surface area contributed by atoms with E-state index in [1.165, 1.54) is 25.0 Å². The molecule has 0 saturated carbocycles. The lowest BCUT2D eigenvalue weighted by Crippen LogP contribution is -2.41. The summed E-state index contributed by atoms with van der Waals surface area (Å²) in [5.41, 5.74) is 0. The average molecular weight is 284 g/mol. The fourth-order valence-electron chi connectivity index (χ4n) is 3.14. The smallest absolute Gasteiger partial charge is 0.241 e. The highest BCUT2D eigenvalue weighted by Gasteiger charge is 2.38. The SMILES string of the molecule is CCCC1NC(CCC)N(CC2CCCCS2)C1=O. The van der Waals surface area contributed by atoms with Crippen LogP contribution in [0.15, 0.2) is 0 Å². The highest BCUT2D eigenvalue weighted by Crippen LogP contribution is 2.28. The lowest BCUT2D eigenvalue weighted by Gasteiger charge is -2.30. The van der Waals surface area contributed by atoms with Gasteiger partial charge in [0.1, 0.15) is 0 Å². The fourth-order valence-corrected chi connectivity index (χ4v) is 4.45. The van der Waals surface area contributed by atoms with Gasteiger partial charge in [0.15, 0.2) is 0 Å². The van der Waals surface area contributed by atoms with Gasteiger partial charge in [-0.25, -0.2) is 0 Å². The quantitative estimate of drug-likeness (QED) is 0.814. The summed E-state index contributed by atoms with van der Waals surface area (Å²) in [6.07, 6.45) is 8.54. The Morgan fingerprint density at radius 2 is 2.05 bits per heavy atom. The summed E-state index contributed by atoms with van der Waals surface area (Å²) in [6.45, 7) is 5.32. The summed E-state index contributed by atoms with van der Waals surface area (Å²) in [5, 5.41) is 4.22. The topological polar surface area (TPSA) is 32.3 Å². The van der Waals surface area contributed by atoms with Gasteiger partial charge in [0.2, 0.25) is 5.91 Å². The van der Waals surface area contributed by atoms with Gasteiger partial charge in [0, 0.05) is 11.8 Å². The van der Waals surface area contributed by atoms with Gasteiger partial charge in [0.05, 0.1) is 12.2 Å². The van der Waals surface area contributed by atoms with E-state index in [1.807, 2.05) is 0 Å². The maximum Gasteiger partial charge on any atom is 0.241 e. The molecule has 3 atom stereocenters. The first-order chi connectivity index (χ1) is 9.26. The number of thioether (sulfide) groups is 1. The van der Waals surface area contributed by atoms with Crippen LogP contribution < -0.4 is 5.32 Å². The van der Waals surface area contributed by atoms with Gasteiger partial charge in [-0.2, -0.15) is 11.8 Å². The van der Waals surface area contributed by atoms with Crippen molar-refractivity contribution in [1.82, 2.24) is 10.2 Å². The maximum atomic E-state index is 12.5. The molecule has 0 radical (unpaired) electrons. The van der Waals surface area contributed by atoms with E-state index in [9.17, 15) is 4.79 Å². The number of carbonyl (C=O) groups excluding carboxylic acids is 1. The minimum atomic E-state index is 0.0788. The minimum absolute atomic E-state index is 0.0788. The molecule has 4 heteroatoms. The van der Waals surface area contributed by atoms with E-state index in [0.29, 0.717) is 11.2 Å². The van der Waals surface area contributed by atoms with Crippen molar-refractivity contribution in [2.24, 2.45) is 0 Å². The van der Waals surface area contributed by atoms with E-state index >= 15 is 0 Å². The molecule has 110 valence electrons. The van der Waals surface area contributed by atoms with Gasteiger partial charge in [0.25, 0.3) is 0 Å². The molecule has 2 heterocycles. The van der Waals surface area contributed by atoms with Gasteiger partial charge >= 0.3 is 0 Å². The number of rotatable bonds is 6. The molecule has 0 bridgehead atoms. The van der Waals surface area contributed by atoms with Crippen molar-refractivity contribution in [1.29, 1.82) is 0 Å². The van der Waals surface area contributed by atoms with Crippen LogP contribution in [-0.4, -0.2) is 40.6 Å².